The minimum Gasteiger partial charge on any atom is -0.454 e. The number of aryl methyl sites for hydroxylation is 1. The van der Waals surface area contributed by atoms with E-state index in [2.05, 4.69) is 9.97 Å². The quantitative estimate of drug-likeness (QED) is 0.398. The molecule has 0 aliphatic rings. The number of halogens is 1. The summed E-state index contributed by atoms with van der Waals surface area (Å²) in [5.74, 6) is -0.426. The van der Waals surface area contributed by atoms with E-state index in [4.69, 9.17) is 10.5 Å². The van der Waals surface area contributed by atoms with Crippen molar-refractivity contribution in [2.24, 2.45) is 5.73 Å². The number of hydrogen-bond acceptors (Lipinski definition) is 4. The van der Waals surface area contributed by atoms with Gasteiger partial charge >= 0.3 is 0 Å². The molecule has 3 aromatic heterocycles. The summed E-state index contributed by atoms with van der Waals surface area (Å²) >= 11 is 0. The van der Waals surface area contributed by atoms with Crippen LogP contribution in [0.15, 0.2) is 85.2 Å². The van der Waals surface area contributed by atoms with Gasteiger partial charge in [0.25, 0.3) is 5.91 Å². The van der Waals surface area contributed by atoms with E-state index in [1.165, 1.54) is 12.3 Å². The Morgan fingerprint density at radius 2 is 1.85 bits per heavy atom. The van der Waals surface area contributed by atoms with Crippen molar-refractivity contribution < 1.29 is 13.9 Å². The Morgan fingerprint density at radius 3 is 2.64 bits per heavy atom. The number of benzene rings is 2. The van der Waals surface area contributed by atoms with Crippen LogP contribution in [0, 0.1) is 12.7 Å². The molecule has 0 bridgehead atoms. The monoisotopic (exact) mass is 438 g/mol. The minimum absolute atomic E-state index is 0.131. The fourth-order valence-corrected chi connectivity index (χ4v) is 3.72. The number of aromatic nitrogens is 3. The van der Waals surface area contributed by atoms with Crippen molar-refractivity contribution in [1.82, 2.24) is 14.4 Å². The number of fused-ring (bicyclic) bond motifs is 1. The van der Waals surface area contributed by atoms with Crippen LogP contribution in [0.4, 0.5) is 4.39 Å². The van der Waals surface area contributed by atoms with Crippen molar-refractivity contribution in [3.05, 3.63) is 102 Å². The van der Waals surface area contributed by atoms with Gasteiger partial charge in [0.2, 0.25) is 0 Å². The van der Waals surface area contributed by atoms with E-state index in [0.717, 1.165) is 28.1 Å². The number of pyridine rings is 2. The second kappa shape index (κ2) is 8.20. The van der Waals surface area contributed by atoms with Gasteiger partial charge in [-0.3, -0.25) is 14.2 Å². The lowest BCUT2D eigenvalue weighted by molar-refractivity contribution is 0.0994. The molecule has 0 unspecified atom stereocenters. The van der Waals surface area contributed by atoms with Gasteiger partial charge in [-0.2, -0.15) is 0 Å². The van der Waals surface area contributed by atoms with Crippen LogP contribution >= 0.6 is 0 Å². The second-order valence-corrected chi connectivity index (χ2v) is 7.56. The Balaban J connectivity index is 1.69. The predicted octanol–water partition coefficient (Wildman–Crippen LogP) is 5.40. The first-order chi connectivity index (χ1) is 16.0. The first-order valence-electron chi connectivity index (χ1n) is 10.3. The maximum atomic E-state index is 14.2. The number of ether oxygens (including phenoxy) is 1. The number of para-hydroxylation sites is 1. The fraction of sp³-hybridized carbons (Fsp3) is 0.0385. The minimum atomic E-state index is -0.572. The number of hydrogen-bond donors (Lipinski definition) is 1. The topological polar surface area (TPSA) is 82.5 Å². The van der Waals surface area contributed by atoms with Gasteiger partial charge in [0.15, 0.2) is 11.6 Å². The maximum absolute atomic E-state index is 14.2. The van der Waals surface area contributed by atoms with Crippen LogP contribution in [-0.2, 0) is 0 Å². The molecule has 6 nitrogen and oxygen atoms in total. The SMILES string of the molecule is Cc1cccc(-c2ccc(Oc3ccccc3F)cc2-c2ccc3ncc(C(N)=O)n3c2)n1. The largest absolute Gasteiger partial charge is 0.454 e. The molecule has 33 heavy (non-hydrogen) atoms. The van der Waals surface area contributed by atoms with Gasteiger partial charge in [0, 0.05) is 17.5 Å². The summed E-state index contributed by atoms with van der Waals surface area (Å²) in [5, 5.41) is 0. The lowest BCUT2D eigenvalue weighted by atomic mass is 9.97. The molecule has 7 heteroatoms. The van der Waals surface area contributed by atoms with E-state index in [1.807, 2.05) is 43.3 Å². The van der Waals surface area contributed by atoms with Crippen molar-refractivity contribution in [2.75, 3.05) is 0 Å². The molecule has 0 aliphatic heterocycles. The third-order valence-corrected chi connectivity index (χ3v) is 5.29. The Hall–Kier alpha value is -4.52. The molecular formula is C26H19FN4O2. The van der Waals surface area contributed by atoms with E-state index in [1.54, 1.807) is 40.9 Å². The van der Waals surface area contributed by atoms with Crippen LogP contribution in [0.1, 0.15) is 16.2 Å². The number of rotatable bonds is 5. The second-order valence-electron chi connectivity index (χ2n) is 7.56. The Labute approximate surface area is 189 Å². The van der Waals surface area contributed by atoms with Gasteiger partial charge in [-0.1, -0.05) is 18.2 Å². The Kier molecular flexibility index (Phi) is 5.06. The number of nitrogens with two attached hydrogens (primary N) is 1. The van der Waals surface area contributed by atoms with E-state index in [9.17, 15) is 9.18 Å². The standard InChI is InChI=1S/C26H19FN4O2/c1-16-5-4-7-22(30-16)19-11-10-18(33-24-8-3-2-6-21(24)27)13-20(19)17-9-12-25-29-14-23(26(28)32)31(25)15-17/h2-15H,1H3,(H2,28,32). The van der Waals surface area contributed by atoms with Crippen LogP contribution in [-0.4, -0.2) is 20.3 Å². The molecule has 0 saturated heterocycles. The molecule has 2 aromatic carbocycles. The number of nitrogens with zero attached hydrogens (tertiary/aromatic N) is 3. The Morgan fingerprint density at radius 1 is 1.00 bits per heavy atom. The van der Waals surface area contributed by atoms with E-state index in [-0.39, 0.29) is 11.4 Å². The summed E-state index contributed by atoms with van der Waals surface area (Å²) in [6.45, 7) is 1.93. The average molecular weight is 438 g/mol. The molecule has 0 spiro atoms. The fourth-order valence-electron chi connectivity index (χ4n) is 3.72. The molecule has 0 radical (unpaired) electrons. The highest BCUT2D eigenvalue weighted by Crippen LogP contribution is 2.36. The first-order valence-corrected chi connectivity index (χ1v) is 10.3. The van der Waals surface area contributed by atoms with Gasteiger partial charge in [-0.15, -0.1) is 0 Å². The van der Waals surface area contributed by atoms with Crippen LogP contribution in [0.25, 0.3) is 28.0 Å². The maximum Gasteiger partial charge on any atom is 0.267 e. The predicted molar refractivity (Wildman–Crippen MR) is 124 cm³/mol. The number of carbonyl (C=O) groups is 1. The van der Waals surface area contributed by atoms with Gasteiger partial charge in [-0.25, -0.2) is 9.37 Å². The van der Waals surface area contributed by atoms with Crippen LogP contribution in [0.2, 0.25) is 0 Å². The summed E-state index contributed by atoms with van der Waals surface area (Å²) in [7, 11) is 0. The molecule has 0 atom stereocenters. The number of imidazole rings is 1. The average Bonchev–Trinajstić information content (AvgIpc) is 3.24. The number of carbonyl (C=O) groups excluding carboxylic acids is 1. The molecule has 1 amide bonds. The third-order valence-electron chi connectivity index (χ3n) is 5.29. The van der Waals surface area contributed by atoms with Crippen molar-refractivity contribution >= 4 is 11.6 Å². The van der Waals surface area contributed by atoms with Crippen molar-refractivity contribution in [3.8, 4) is 33.9 Å². The van der Waals surface area contributed by atoms with Gasteiger partial charge in [-0.05, 0) is 72.6 Å². The normalized spacial score (nSPS) is 11.0. The highest BCUT2D eigenvalue weighted by molar-refractivity contribution is 5.92. The molecular weight excluding hydrogens is 419 g/mol. The zero-order valence-electron chi connectivity index (χ0n) is 17.7. The molecule has 0 saturated carbocycles. The Bertz CT molecular complexity index is 1510. The summed E-state index contributed by atoms with van der Waals surface area (Å²) in [4.78, 5) is 20.7. The van der Waals surface area contributed by atoms with Gasteiger partial charge in [0.1, 0.15) is 17.1 Å². The molecule has 5 aromatic rings. The molecule has 162 valence electrons. The number of amides is 1. The summed E-state index contributed by atoms with van der Waals surface area (Å²) in [6.07, 6.45) is 3.24. The van der Waals surface area contributed by atoms with Gasteiger partial charge < -0.3 is 10.5 Å². The van der Waals surface area contributed by atoms with Crippen LogP contribution in [0.3, 0.4) is 0 Å². The van der Waals surface area contributed by atoms with Crippen LogP contribution < -0.4 is 10.5 Å². The smallest absolute Gasteiger partial charge is 0.267 e. The molecule has 0 fully saturated rings. The molecule has 5 rings (SSSR count). The highest BCUT2D eigenvalue weighted by Gasteiger charge is 2.15. The van der Waals surface area contributed by atoms with Crippen molar-refractivity contribution in [1.29, 1.82) is 0 Å². The van der Waals surface area contributed by atoms with Crippen molar-refractivity contribution in [2.45, 2.75) is 6.92 Å². The highest BCUT2D eigenvalue weighted by atomic mass is 19.1. The van der Waals surface area contributed by atoms with Crippen LogP contribution in [0.5, 0.6) is 11.5 Å². The summed E-state index contributed by atoms with van der Waals surface area (Å²) < 4.78 is 21.6. The number of primary amides is 1. The zero-order chi connectivity index (χ0) is 22.9. The molecule has 2 N–H and O–H groups in total. The van der Waals surface area contributed by atoms with Gasteiger partial charge in [0.05, 0.1) is 11.9 Å². The first kappa shape index (κ1) is 20.4. The van der Waals surface area contributed by atoms with E-state index < -0.39 is 11.7 Å². The van der Waals surface area contributed by atoms with Crippen molar-refractivity contribution in [3.63, 3.8) is 0 Å². The lowest BCUT2D eigenvalue weighted by Gasteiger charge is -2.14. The summed E-state index contributed by atoms with van der Waals surface area (Å²) in [5.41, 5.74) is 10.5. The van der Waals surface area contributed by atoms with E-state index >= 15 is 0 Å². The zero-order valence-corrected chi connectivity index (χ0v) is 17.7. The van der Waals surface area contributed by atoms with E-state index in [0.29, 0.717) is 11.4 Å². The third kappa shape index (κ3) is 3.92. The molecule has 3 heterocycles. The molecule has 0 aliphatic carbocycles. The summed E-state index contributed by atoms with van der Waals surface area (Å²) in [6, 6.07) is 21.2. The lowest BCUT2D eigenvalue weighted by Crippen LogP contribution is -2.13.